The molecule has 0 spiro atoms. The van der Waals surface area contributed by atoms with E-state index in [9.17, 15) is 4.39 Å². The predicted molar refractivity (Wildman–Crippen MR) is 48.9 cm³/mol. The van der Waals surface area contributed by atoms with Gasteiger partial charge in [-0.2, -0.15) is 0 Å². The Bertz CT molecular complexity index is 237. The molecule has 0 aliphatic carbocycles. The van der Waals surface area contributed by atoms with Gasteiger partial charge >= 0.3 is 0 Å². The van der Waals surface area contributed by atoms with Crippen molar-refractivity contribution < 1.29 is 4.39 Å². The number of hydrogen-bond donors (Lipinski definition) is 0. The minimum absolute atomic E-state index is 0.230. The molecule has 0 saturated carbocycles. The largest absolute Gasteiger partial charge is 0.207 e. The maximum absolute atomic E-state index is 12.5. The lowest BCUT2D eigenvalue weighted by Crippen LogP contribution is -1.83. The first-order valence-electron chi connectivity index (χ1n) is 2.72. The standard InChI is InChI=1S/C7H5ClFI/c1-4-2-5(9)3-6(10)7(4)8/h2-3H,1H3. The highest BCUT2D eigenvalue weighted by Crippen LogP contribution is 2.23. The molecule has 1 aromatic carbocycles. The fourth-order valence-electron chi connectivity index (χ4n) is 0.685. The molecule has 0 unspecified atom stereocenters. The van der Waals surface area contributed by atoms with Gasteiger partial charge in [0, 0.05) is 3.57 Å². The molecule has 0 saturated heterocycles. The van der Waals surface area contributed by atoms with E-state index in [2.05, 4.69) is 0 Å². The minimum atomic E-state index is -0.230. The molecule has 0 aliphatic heterocycles. The van der Waals surface area contributed by atoms with Crippen molar-refractivity contribution in [2.45, 2.75) is 6.92 Å². The second kappa shape index (κ2) is 3.05. The molecule has 10 heavy (non-hydrogen) atoms. The van der Waals surface area contributed by atoms with Crippen LogP contribution in [0.15, 0.2) is 12.1 Å². The van der Waals surface area contributed by atoms with E-state index in [-0.39, 0.29) is 5.82 Å². The van der Waals surface area contributed by atoms with Crippen molar-refractivity contribution in [2.24, 2.45) is 0 Å². The summed E-state index contributed by atoms with van der Waals surface area (Å²) in [4.78, 5) is 0. The zero-order valence-electron chi connectivity index (χ0n) is 5.29. The van der Waals surface area contributed by atoms with Crippen LogP contribution in [-0.2, 0) is 0 Å². The van der Waals surface area contributed by atoms with E-state index in [0.717, 1.165) is 9.13 Å². The van der Waals surface area contributed by atoms with Crippen molar-refractivity contribution >= 4 is 34.2 Å². The third-order valence-electron chi connectivity index (χ3n) is 1.17. The van der Waals surface area contributed by atoms with E-state index < -0.39 is 0 Å². The summed E-state index contributed by atoms with van der Waals surface area (Å²) in [6.45, 7) is 1.79. The van der Waals surface area contributed by atoms with Crippen LogP contribution in [0.2, 0.25) is 5.02 Å². The number of benzene rings is 1. The molecule has 1 rings (SSSR count). The molecule has 0 aromatic heterocycles. The van der Waals surface area contributed by atoms with Crippen LogP contribution in [0.25, 0.3) is 0 Å². The SMILES string of the molecule is Cc1cc(F)cc(I)c1Cl. The molecule has 0 nitrogen and oxygen atoms in total. The first-order chi connectivity index (χ1) is 4.61. The number of aryl methyl sites for hydroxylation is 1. The molecule has 3 heteroatoms. The topological polar surface area (TPSA) is 0 Å². The minimum Gasteiger partial charge on any atom is -0.207 e. The third kappa shape index (κ3) is 1.61. The lowest BCUT2D eigenvalue weighted by atomic mass is 10.2. The first kappa shape index (κ1) is 8.27. The van der Waals surface area contributed by atoms with Crippen LogP contribution in [0.4, 0.5) is 4.39 Å². The van der Waals surface area contributed by atoms with Gasteiger partial charge in [-0.3, -0.25) is 0 Å². The maximum atomic E-state index is 12.5. The van der Waals surface area contributed by atoms with Crippen molar-refractivity contribution in [2.75, 3.05) is 0 Å². The number of halogens is 3. The molecule has 0 radical (unpaired) electrons. The van der Waals surface area contributed by atoms with Gasteiger partial charge in [0.15, 0.2) is 0 Å². The Hall–Kier alpha value is 0.170. The van der Waals surface area contributed by atoms with Gasteiger partial charge in [0.05, 0.1) is 5.02 Å². The van der Waals surface area contributed by atoms with Gasteiger partial charge in [0.25, 0.3) is 0 Å². The Labute approximate surface area is 77.5 Å². The Morgan fingerprint density at radius 1 is 1.50 bits per heavy atom. The van der Waals surface area contributed by atoms with Crippen LogP contribution in [-0.4, -0.2) is 0 Å². The normalized spacial score (nSPS) is 10.0. The molecule has 0 bridgehead atoms. The van der Waals surface area contributed by atoms with E-state index in [1.165, 1.54) is 12.1 Å². The van der Waals surface area contributed by atoms with E-state index in [1.54, 1.807) is 6.92 Å². The average molecular weight is 270 g/mol. The van der Waals surface area contributed by atoms with Crippen molar-refractivity contribution in [1.82, 2.24) is 0 Å². The van der Waals surface area contributed by atoms with Gasteiger partial charge in [0.1, 0.15) is 5.82 Å². The van der Waals surface area contributed by atoms with Crippen LogP contribution in [0.1, 0.15) is 5.56 Å². The van der Waals surface area contributed by atoms with Crippen molar-refractivity contribution in [3.05, 3.63) is 32.1 Å². The summed E-state index contributed by atoms with van der Waals surface area (Å²) in [5.74, 6) is -0.230. The summed E-state index contributed by atoms with van der Waals surface area (Å²) in [6, 6.07) is 2.83. The molecule has 0 aliphatic rings. The van der Waals surface area contributed by atoms with Gasteiger partial charge in [-0.1, -0.05) is 11.6 Å². The summed E-state index contributed by atoms with van der Waals surface area (Å²) in [6.07, 6.45) is 0. The maximum Gasteiger partial charge on any atom is 0.124 e. The Morgan fingerprint density at radius 2 is 2.10 bits per heavy atom. The van der Waals surface area contributed by atoms with Crippen LogP contribution >= 0.6 is 34.2 Å². The van der Waals surface area contributed by atoms with E-state index >= 15 is 0 Å². The van der Waals surface area contributed by atoms with Gasteiger partial charge in [-0.15, -0.1) is 0 Å². The number of hydrogen-bond acceptors (Lipinski definition) is 0. The van der Waals surface area contributed by atoms with Crippen LogP contribution < -0.4 is 0 Å². The monoisotopic (exact) mass is 270 g/mol. The predicted octanol–water partition coefficient (Wildman–Crippen LogP) is 3.39. The molecule has 0 N–H and O–H groups in total. The highest BCUT2D eigenvalue weighted by atomic mass is 127. The summed E-state index contributed by atoms with van der Waals surface area (Å²) < 4.78 is 13.3. The van der Waals surface area contributed by atoms with Crippen LogP contribution in [0.3, 0.4) is 0 Å². The summed E-state index contributed by atoms with van der Waals surface area (Å²) in [5.41, 5.74) is 0.783. The molecular weight excluding hydrogens is 265 g/mol. The van der Waals surface area contributed by atoms with E-state index in [1.807, 2.05) is 22.6 Å². The average Bonchev–Trinajstić information content (AvgIpc) is 1.82. The molecule has 0 heterocycles. The van der Waals surface area contributed by atoms with Crippen LogP contribution in [0, 0.1) is 16.3 Å². The lowest BCUT2D eigenvalue weighted by molar-refractivity contribution is 0.625. The molecule has 0 atom stereocenters. The van der Waals surface area contributed by atoms with Crippen LogP contribution in [0.5, 0.6) is 0 Å². The third-order valence-corrected chi connectivity index (χ3v) is 2.85. The van der Waals surface area contributed by atoms with Gasteiger partial charge in [0.2, 0.25) is 0 Å². The molecule has 1 aromatic rings. The summed E-state index contributed by atoms with van der Waals surface area (Å²) in [7, 11) is 0. The smallest absolute Gasteiger partial charge is 0.124 e. The lowest BCUT2D eigenvalue weighted by Gasteiger charge is -1.99. The zero-order chi connectivity index (χ0) is 7.72. The van der Waals surface area contributed by atoms with Gasteiger partial charge in [-0.05, 0) is 47.2 Å². The highest BCUT2D eigenvalue weighted by molar-refractivity contribution is 14.1. The second-order valence-corrected chi connectivity index (χ2v) is 3.56. The quantitative estimate of drug-likeness (QED) is 0.501. The molecule has 0 amide bonds. The van der Waals surface area contributed by atoms with E-state index in [4.69, 9.17) is 11.6 Å². The molecular formula is C7H5ClFI. The summed E-state index contributed by atoms with van der Waals surface area (Å²) in [5, 5.41) is 0.641. The first-order valence-corrected chi connectivity index (χ1v) is 4.18. The zero-order valence-corrected chi connectivity index (χ0v) is 8.20. The second-order valence-electron chi connectivity index (χ2n) is 2.02. The summed E-state index contributed by atoms with van der Waals surface area (Å²) >= 11 is 7.78. The van der Waals surface area contributed by atoms with Gasteiger partial charge in [-0.25, -0.2) is 4.39 Å². The highest BCUT2D eigenvalue weighted by Gasteiger charge is 2.01. The number of rotatable bonds is 0. The Kier molecular flexibility index (Phi) is 2.52. The van der Waals surface area contributed by atoms with Crippen molar-refractivity contribution in [1.29, 1.82) is 0 Å². The van der Waals surface area contributed by atoms with Crippen molar-refractivity contribution in [3.63, 3.8) is 0 Å². The molecule has 54 valence electrons. The van der Waals surface area contributed by atoms with Crippen molar-refractivity contribution in [3.8, 4) is 0 Å². The Balaban J connectivity index is 3.31. The Morgan fingerprint density at radius 3 is 2.60 bits per heavy atom. The fourth-order valence-corrected chi connectivity index (χ4v) is 1.52. The van der Waals surface area contributed by atoms with Gasteiger partial charge < -0.3 is 0 Å². The fraction of sp³-hybridized carbons (Fsp3) is 0.143. The molecule has 0 fully saturated rings. The van der Waals surface area contributed by atoms with E-state index in [0.29, 0.717) is 5.02 Å².